The molecule has 1 aromatic carbocycles. The molecule has 0 radical (unpaired) electrons. The number of hydrogen-bond donors (Lipinski definition) is 1. The molecule has 140 valence electrons. The van der Waals surface area contributed by atoms with Crippen LogP contribution in [0.5, 0.6) is 0 Å². The van der Waals surface area contributed by atoms with Gasteiger partial charge in [-0.05, 0) is 50.1 Å². The summed E-state index contributed by atoms with van der Waals surface area (Å²) in [5.74, 6) is 0.407. The van der Waals surface area contributed by atoms with Crippen LogP contribution in [0.15, 0.2) is 30.3 Å². The smallest absolute Gasteiger partial charge is 0.274 e. The van der Waals surface area contributed by atoms with Gasteiger partial charge >= 0.3 is 0 Å². The molecule has 1 aromatic heterocycles. The first-order valence-corrected chi connectivity index (χ1v) is 9.14. The number of nitrogens with zero attached hydrogens (tertiary/aromatic N) is 4. The van der Waals surface area contributed by atoms with Crippen LogP contribution < -0.4 is 15.1 Å². The Balaban J connectivity index is 2.20. The number of carbonyl (C=O) groups is 1. The van der Waals surface area contributed by atoms with E-state index < -0.39 is 0 Å². The minimum absolute atomic E-state index is 0.220. The topological polar surface area (TPSA) is 61.4 Å². The molecule has 0 aliphatic rings. The fourth-order valence-electron chi connectivity index (χ4n) is 2.70. The molecule has 0 bridgehead atoms. The van der Waals surface area contributed by atoms with Crippen molar-refractivity contribution in [2.45, 2.75) is 33.6 Å². The van der Waals surface area contributed by atoms with Gasteiger partial charge in [0.1, 0.15) is 5.69 Å². The van der Waals surface area contributed by atoms with Crippen LogP contribution in [0.4, 0.5) is 17.3 Å². The Kier molecular flexibility index (Phi) is 6.95. The molecule has 1 heterocycles. The molecule has 0 unspecified atom stereocenters. The van der Waals surface area contributed by atoms with Crippen LogP contribution in [0, 0.1) is 6.92 Å². The van der Waals surface area contributed by atoms with E-state index in [0.717, 1.165) is 43.0 Å². The maximum Gasteiger partial charge on any atom is 0.274 e. The number of nitrogens with one attached hydrogen (secondary N) is 1. The molecular formula is C20H29N5O. The maximum absolute atomic E-state index is 12.6. The van der Waals surface area contributed by atoms with Gasteiger partial charge in [0.15, 0.2) is 0 Å². The van der Waals surface area contributed by atoms with E-state index in [4.69, 9.17) is 0 Å². The molecule has 0 atom stereocenters. The molecule has 2 rings (SSSR count). The van der Waals surface area contributed by atoms with Gasteiger partial charge in [-0.2, -0.15) is 0 Å². The highest BCUT2D eigenvalue weighted by molar-refractivity contribution is 6.03. The minimum atomic E-state index is -0.220. The van der Waals surface area contributed by atoms with E-state index in [2.05, 4.69) is 34.0 Å². The molecule has 6 heteroatoms. The van der Waals surface area contributed by atoms with Gasteiger partial charge in [0.05, 0.1) is 0 Å². The number of aryl methyl sites for hydroxylation is 1. The highest BCUT2D eigenvalue weighted by Gasteiger charge is 2.14. The predicted molar refractivity (Wildman–Crippen MR) is 108 cm³/mol. The lowest BCUT2D eigenvalue weighted by Gasteiger charge is -2.22. The average molecular weight is 355 g/mol. The molecule has 0 aliphatic carbocycles. The minimum Gasteiger partial charge on any atom is -0.378 e. The number of rotatable bonds is 8. The Morgan fingerprint density at radius 1 is 1.04 bits per heavy atom. The summed E-state index contributed by atoms with van der Waals surface area (Å²) in [6, 6.07) is 9.45. The van der Waals surface area contributed by atoms with Crippen molar-refractivity contribution in [2.75, 3.05) is 42.3 Å². The average Bonchev–Trinajstić information content (AvgIpc) is 2.61. The van der Waals surface area contributed by atoms with Crippen molar-refractivity contribution in [2.24, 2.45) is 0 Å². The summed E-state index contributed by atoms with van der Waals surface area (Å²) in [7, 11) is 3.97. The lowest BCUT2D eigenvalue weighted by atomic mass is 10.2. The summed E-state index contributed by atoms with van der Waals surface area (Å²) in [5, 5.41) is 2.92. The Bertz CT molecular complexity index is 721. The van der Waals surface area contributed by atoms with E-state index in [1.165, 1.54) is 0 Å². The third-order valence-electron chi connectivity index (χ3n) is 3.99. The van der Waals surface area contributed by atoms with Gasteiger partial charge in [0.25, 0.3) is 5.91 Å². The second-order valence-corrected chi connectivity index (χ2v) is 6.58. The van der Waals surface area contributed by atoms with Crippen molar-refractivity contribution >= 4 is 23.2 Å². The highest BCUT2D eigenvalue weighted by atomic mass is 16.1. The van der Waals surface area contributed by atoms with Crippen LogP contribution in [0.2, 0.25) is 0 Å². The largest absolute Gasteiger partial charge is 0.378 e. The molecule has 2 aromatic rings. The van der Waals surface area contributed by atoms with Crippen LogP contribution in [0.3, 0.4) is 0 Å². The first-order valence-electron chi connectivity index (χ1n) is 9.14. The fraction of sp³-hybridized carbons (Fsp3) is 0.450. The molecule has 0 saturated carbocycles. The van der Waals surface area contributed by atoms with Gasteiger partial charge in [-0.1, -0.05) is 13.8 Å². The summed E-state index contributed by atoms with van der Waals surface area (Å²) < 4.78 is 0. The summed E-state index contributed by atoms with van der Waals surface area (Å²) in [6.45, 7) is 7.91. The molecule has 1 N–H and O–H groups in total. The van der Waals surface area contributed by atoms with Crippen LogP contribution in [0.1, 0.15) is 42.9 Å². The molecule has 6 nitrogen and oxygen atoms in total. The lowest BCUT2D eigenvalue weighted by molar-refractivity contribution is 0.102. The third-order valence-corrected chi connectivity index (χ3v) is 3.99. The van der Waals surface area contributed by atoms with Gasteiger partial charge in [0.2, 0.25) is 5.95 Å². The summed E-state index contributed by atoms with van der Waals surface area (Å²) >= 11 is 0. The second kappa shape index (κ2) is 9.17. The monoisotopic (exact) mass is 355 g/mol. The molecule has 0 aliphatic heterocycles. The van der Waals surface area contributed by atoms with E-state index >= 15 is 0 Å². The standard InChI is InChI=1S/C20H29N5O/c1-6-12-25(13-7-2)20-21-15(3)14-18(23-20)19(26)22-16-8-10-17(11-9-16)24(4)5/h8-11,14H,6-7,12-13H2,1-5H3,(H,22,26). The molecule has 1 amide bonds. The van der Waals surface area contributed by atoms with Gasteiger partial charge < -0.3 is 15.1 Å². The Morgan fingerprint density at radius 3 is 2.19 bits per heavy atom. The zero-order valence-electron chi connectivity index (χ0n) is 16.4. The van der Waals surface area contributed by atoms with Gasteiger partial charge in [-0.3, -0.25) is 4.79 Å². The van der Waals surface area contributed by atoms with Crippen LogP contribution >= 0.6 is 0 Å². The van der Waals surface area contributed by atoms with Crippen molar-refractivity contribution in [3.63, 3.8) is 0 Å². The Hall–Kier alpha value is -2.63. The van der Waals surface area contributed by atoms with Crippen LogP contribution in [0.25, 0.3) is 0 Å². The fourth-order valence-corrected chi connectivity index (χ4v) is 2.70. The Morgan fingerprint density at radius 2 is 1.65 bits per heavy atom. The first kappa shape index (κ1) is 19.7. The van der Waals surface area contributed by atoms with Gasteiger partial charge in [0, 0.05) is 44.3 Å². The molecular weight excluding hydrogens is 326 g/mol. The second-order valence-electron chi connectivity index (χ2n) is 6.58. The number of amides is 1. The zero-order chi connectivity index (χ0) is 19.1. The Labute approximate surface area is 156 Å². The number of benzene rings is 1. The number of hydrogen-bond acceptors (Lipinski definition) is 5. The number of carbonyl (C=O) groups excluding carboxylic acids is 1. The van der Waals surface area contributed by atoms with E-state index in [0.29, 0.717) is 11.6 Å². The first-order chi connectivity index (χ1) is 12.4. The predicted octanol–water partition coefficient (Wildman–Crippen LogP) is 3.73. The van der Waals surface area contributed by atoms with Gasteiger partial charge in [-0.25, -0.2) is 9.97 Å². The summed E-state index contributed by atoms with van der Waals surface area (Å²) in [5.41, 5.74) is 3.01. The van der Waals surface area contributed by atoms with Crippen LogP contribution in [-0.4, -0.2) is 43.1 Å². The zero-order valence-corrected chi connectivity index (χ0v) is 16.4. The quantitative estimate of drug-likeness (QED) is 0.782. The SMILES string of the molecule is CCCN(CCC)c1nc(C)cc(C(=O)Nc2ccc(N(C)C)cc2)n1. The molecule has 0 saturated heterocycles. The number of anilines is 3. The van der Waals surface area contributed by atoms with Crippen molar-refractivity contribution in [3.05, 3.63) is 41.7 Å². The molecule has 0 spiro atoms. The van der Waals surface area contributed by atoms with E-state index in [9.17, 15) is 4.79 Å². The summed E-state index contributed by atoms with van der Waals surface area (Å²) in [6.07, 6.45) is 2.02. The molecule has 26 heavy (non-hydrogen) atoms. The maximum atomic E-state index is 12.6. The highest BCUT2D eigenvalue weighted by Crippen LogP contribution is 2.17. The van der Waals surface area contributed by atoms with Crippen molar-refractivity contribution in [3.8, 4) is 0 Å². The van der Waals surface area contributed by atoms with Crippen molar-refractivity contribution in [1.82, 2.24) is 9.97 Å². The lowest BCUT2D eigenvalue weighted by Crippen LogP contribution is -2.28. The number of aromatic nitrogens is 2. The molecule has 0 fully saturated rings. The van der Waals surface area contributed by atoms with Crippen molar-refractivity contribution in [1.29, 1.82) is 0 Å². The normalized spacial score (nSPS) is 10.5. The van der Waals surface area contributed by atoms with Gasteiger partial charge in [-0.15, -0.1) is 0 Å². The van der Waals surface area contributed by atoms with E-state index in [-0.39, 0.29) is 5.91 Å². The summed E-state index contributed by atoms with van der Waals surface area (Å²) in [4.78, 5) is 25.8. The van der Waals surface area contributed by atoms with E-state index in [1.54, 1.807) is 6.07 Å². The van der Waals surface area contributed by atoms with Crippen molar-refractivity contribution < 1.29 is 4.79 Å². The van der Waals surface area contributed by atoms with Crippen LogP contribution in [-0.2, 0) is 0 Å². The third kappa shape index (κ3) is 5.18. The van der Waals surface area contributed by atoms with E-state index in [1.807, 2.05) is 50.2 Å².